The van der Waals surface area contributed by atoms with Gasteiger partial charge in [0.2, 0.25) is 0 Å². The molecule has 0 spiro atoms. The Morgan fingerprint density at radius 3 is 2.47 bits per heavy atom. The third-order valence-corrected chi connectivity index (χ3v) is 3.70. The summed E-state index contributed by atoms with van der Waals surface area (Å²) in [5.74, 6) is 0. The zero-order valence-corrected chi connectivity index (χ0v) is 10.4. The molecule has 2 rings (SSSR count). The molecule has 0 amide bonds. The molecular formula is C12H25N3. The third kappa shape index (κ3) is 2.71. The van der Waals surface area contributed by atoms with E-state index in [4.69, 9.17) is 0 Å². The average molecular weight is 211 g/mol. The predicted molar refractivity (Wildman–Crippen MR) is 64.2 cm³/mol. The Kier molecular flexibility index (Phi) is 3.33. The monoisotopic (exact) mass is 211 g/mol. The van der Waals surface area contributed by atoms with E-state index in [0.29, 0.717) is 5.54 Å². The number of hydrogen-bond acceptors (Lipinski definition) is 3. The molecule has 0 bridgehead atoms. The van der Waals surface area contributed by atoms with Crippen LogP contribution in [0.25, 0.3) is 0 Å². The molecule has 0 radical (unpaired) electrons. The largest absolute Gasteiger partial charge is 0.315 e. The predicted octanol–water partition coefficient (Wildman–Crippen LogP) is 0.764. The van der Waals surface area contributed by atoms with Crippen molar-refractivity contribution in [2.45, 2.75) is 38.8 Å². The van der Waals surface area contributed by atoms with Gasteiger partial charge in [-0.3, -0.25) is 9.80 Å². The lowest BCUT2D eigenvalue weighted by Crippen LogP contribution is -2.64. The van der Waals surface area contributed by atoms with Crippen molar-refractivity contribution in [1.29, 1.82) is 0 Å². The van der Waals surface area contributed by atoms with E-state index in [0.717, 1.165) is 6.04 Å². The third-order valence-electron chi connectivity index (χ3n) is 3.70. The van der Waals surface area contributed by atoms with Crippen molar-refractivity contribution in [3.63, 3.8) is 0 Å². The van der Waals surface area contributed by atoms with Crippen LogP contribution in [-0.2, 0) is 0 Å². The number of nitrogens with one attached hydrogen (secondary N) is 1. The summed E-state index contributed by atoms with van der Waals surface area (Å²) in [5.41, 5.74) is 0.362. The van der Waals surface area contributed by atoms with Gasteiger partial charge in [-0.05, 0) is 40.3 Å². The lowest BCUT2D eigenvalue weighted by Gasteiger charge is -2.51. The molecule has 0 saturated carbocycles. The summed E-state index contributed by atoms with van der Waals surface area (Å²) in [6.45, 7) is 14.4. The maximum atomic E-state index is 3.47. The highest BCUT2D eigenvalue weighted by atomic mass is 15.3. The lowest BCUT2D eigenvalue weighted by atomic mass is 9.96. The normalized spacial score (nSPS) is 27.4. The highest BCUT2D eigenvalue weighted by Crippen LogP contribution is 2.24. The van der Waals surface area contributed by atoms with E-state index in [1.807, 2.05) is 0 Å². The zero-order valence-electron chi connectivity index (χ0n) is 10.4. The molecule has 0 atom stereocenters. The van der Waals surface area contributed by atoms with Crippen LogP contribution in [0, 0.1) is 0 Å². The van der Waals surface area contributed by atoms with Crippen LogP contribution in [0.15, 0.2) is 0 Å². The molecule has 0 unspecified atom stereocenters. The van der Waals surface area contributed by atoms with Gasteiger partial charge in [0.25, 0.3) is 0 Å². The molecule has 2 saturated heterocycles. The molecule has 2 aliphatic rings. The minimum absolute atomic E-state index is 0.362. The van der Waals surface area contributed by atoms with Gasteiger partial charge in [0.15, 0.2) is 0 Å². The van der Waals surface area contributed by atoms with Crippen LogP contribution < -0.4 is 5.32 Å². The van der Waals surface area contributed by atoms with E-state index in [9.17, 15) is 0 Å². The minimum atomic E-state index is 0.362. The van der Waals surface area contributed by atoms with E-state index < -0.39 is 0 Å². The average Bonchev–Trinajstić information content (AvgIpc) is 2.27. The number of hydrogen-bond donors (Lipinski definition) is 1. The number of nitrogens with zero attached hydrogens (tertiary/aromatic N) is 2. The van der Waals surface area contributed by atoms with Crippen LogP contribution in [0.4, 0.5) is 0 Å². The Morgan fingerprint density at radius 2 is 1.80 bits per heavy atom. The van der Waals surface area contributed by atoms with Crippen molar-refractivity contribution in [2.75, 3.05) is 39.3 Å². The van der Waals surface area contributed by atoms with Crippen molar-refractivity contribution in [2.24, 2.45) is 0 Å². The zero-order chi connectivity index (χ0) is 10.9. The van der Waals surface area contributed by atoms with E-state index in [1.165, 1.54) is 45.7 Å². The summed E-state index contributed by atoms with van der Waals surface area (Å²) in [7, 11) is 0. The van der Waals surface area contributed by atoms with Crippen molar-refractivity contribution < 1.29 is 0 Å². The number of rotatable bonds is 1. The first kappa shape index (κ1) is 11.4. The summed E-state index contributed by atoms with van der Waals surface area (Å²) in [6, 6.07) is 0.823. The van der Waals surface area contributed by atoms with Gasteiger partial charge < -0.3 is 5.32 Å². The second-order valence-corrected chi connectivity index (χ2v) is 5.87. The topological polar surface area (TPSA) is 18.5 Å². The molecular weight excluding hydrogens is 186 g/mol. The Hall–Kier alpha value is -0.120. The fraction of sp³-hybridized carbons (Fsp3) is 1.00. The van der Waals surface area contributed by atoms with E-state index in [1.54, 1.807) is 0 Å². The molecule has 2 aliphatic heterocycles. The van der Waals surface area contributed by atoms with Crippen LogP contribution >= 0.6 is 0 Å². The molecule has 3 nitrogen and oxygen atoms in total. The van der Waals surface area contributed by atoms with Gasteiger partial charge in [0.1, 0.15) is 0 Å². The van der Waals surface area contributed by atoms with E-state index in [-0.39, 0.29) is 0 Å². The summed E-state index contributed by atoms with van der Waals surface area (Å²) in [5, 5.41) is 3.47. The van der Waals surface area contributed by atoms with Crippen molar-refractivity contribution in [3.8, 4) is 0 Å². The van der Waals surface area contributed by atoms with Crippen LogP contribution in [0.1, 0.15) is 27.2 Å². The maximum absolute atomic E-state index is 3.47. The fourth-order valence-electron chi connectivity index (χ4n) is 2.47. The van der Waals surface area contributed by atoms with Gasteiger partial charge in [-0.2, -0.15) is 0 Å². The van der Waals surface area contributed by atoms with Gasteiger partial charge >= 0.3 is 0 Å². The van der Waals surface area contributed by atoms with Crippen molar-refractivity contribution in [3.05, 3.63) is 0 Å². The Bertz CT molecular complexity index is 195. The molecule has 0 aromatic heterocycles. The maximum Gasteiger partial charge on any atom is 0.0351 e. The van der Waals surface area contributed by atoms with Gasteiger partial charge in [0.05, 0.1) is 0 Å². The van der Waals surface area contributed by atoms with Gasteiger partial charge in [0, 0.05) is 37.8 Å². The quantitative estimate of drug-likeness (QED) is 0.691. The second-order valence-electron chi connectivity index (χ2n) is 5.87. The highest BCUT2D eigenvalue weighted by Gasteiger charge is 2.37. The van der Waals surface area contributed by atoms with Crippen molar-refractivity contribution in [1.82, 2.24) is 15.1 Å². The van der Waals surface area contributed by atoms with Crippen LogP contribution in [0.5, 0.6) is 0 Å². The summed E-state index contributed by atoms with van der Waals surface area (Å²) in [6.07, 6.45) is 1.31. The molecule has 0 aromatic carbocycles. The minimum Gasteiger partial charge on any atom is -0.315 e. The molecule has 3 heteroatoms. The van der Waals surface area contributed by atoms with Gasteiger partial charge in [-0.25, -0.2) is 0 Å². The number of likely N-dealkylation sites (tertiary alicyclic amines) is 1. The first-order valence-corrected chi connectivity index (χ1v) is 6.27. The molecule has 2 heterocycles. The first-order chi connectivity index (χ1) is 7.07. The Morgan fingerprint density at radius 1 is 1.07 bits per heavy atom. The molecule has 2 fully saturated rings. The lowest BCUT2D eigenvalue weighted by molar-refractivity contribution is -0.0198. The highest BCUT2D eigenvalue weighted by molar-refractivity contribution is 4.94. The van der Waals surface area contributed by atoms with Crippen LogP contribution in [0.2, 0.25) is 0 Å². The Labute approximate surface area is 93.8 Å². The molecule has 0 aliphatic carbocycles. The van der Waals surface area contributed by atoms with Crippen LogP contribution in [-0.4, -0.2) is 60.6 Å². The van der Waals surface area contributed by atoms with Gasteiger partial charge in [-0.1, -0.05) is 0 Å². The standard InChI is InChI=1S/C12H25N3/c1-12(2,3)15-9-11(10-15)14-7-4-5-13-6-8-14/h11,13H,4-10H2,1-3H3. The molecule has 88 valence electrons. The fourth-order valence-corrected chi connectivity index (χ4v) is 2.47. The molecule has 15 heavy (non-hydrogen) atoms. The smallest absolute Gasteiger partial charge is 0.0351 e. The SMILES string of the molecule is CC(C)(C)N1CC(N2CCCNCC2)C1. The first-order valence-electron chi connectivity index (χ1n) is 6.27. The second kappa shape index (κ2) is 4.40. The van der Waals surface area contributed by atoms with Crippen molar-refractivity contribution >= 4 is 0 Å². The van der Waals surface area contributed by atoms with E-state index >= 15 is 0 Å². The summed E-state index contributed by atoms with van der Waals surface area (Å²) < 4.78 is 0. The van der Waals surface area contributed by atoms with E-state index in [2.05, 4.69) is 35.9 Å². The summed E-state index contributed by atoms with van der Waals surface area (Å²) in [4.78, 5) is 5.25. The Balaban J connectivity index is 1.78. The molecule has 1 N–H and O–H groups in total. The van der Waals surface area contributed by atoms with Gasteiger partial charge in [-0.15, -0.1) is 0 Å². The summed E-state index contributed by atoms with van der Waals surface area (Å²) >= 11 is 0. The van der Waals surface area contributed by atoms with Crippen LogP contribution in [0.3, 0.4) is 0 Å². The molecule has 0 aromatic rings.